The number of rotatable bonds is 7. The molecule has 0 N–H and O–H groups in total. The van der Waals surface area contributed by atoms with Crippen LogP contribution in [0, 0.1) is 5.92 Å². The number of nitrogens with zero attached hydrogens (tertiary/aromatic N) is 3. The van der Waals surface area contributed by atoms with Gasteiger partial charge < -0.3 is 4.74 Å². The molecule has 2 heterocycles. The minimum Gasteiger partial charge on any atom is -0.384 e. The van der Waals surface area contributed by atoms with Gasteiger partial charge in [0.15, 0.2) is 0 Å². The van der Waals surface area contributed by atoms with E-state index in [1.165, 1.54) is 12.8 Å². The minimum atomic E-state index is 0.0605. The Bertz CT molecular complexity index is 834. The third-order valence-electron chi connectivity index (χ3n) is 5.52. The van der Waals surface area contributed by atoms with Gasteiger partial charge in [-0.05, 0) is 56.8 Å². The average Bonchev–Trinajstić information content (AvgIpc) is 2.67. The standard InChI is InChI=1S/C21H30BrN3O2/c1-4-7-19(24-11-6-8-15(13-24)14-27-3)20-23-18-10-9-16(22)12-17(18)21(26)25(20)5-2/h9-10,12,15,19H,4-8,11,13-14H2,1-3H3/t15-,19+/m1/s1. The molecular weight excluding hydrogens is 406 g/mol. The van der Waals surface area contributed by atoms with Crippen LogP contribution < -0.4 is 5.56 Å². The van der Waals surface area contributed by atoms with E-state index < -0.39 is 0 Å². The molecule has 2 atom stereocenters. The number of hydrogen-bond donors (Lipinski definition) is 0. The molecule has 0 saturated carbocycles. The molecule has 0 radical (unpaired) electrons. The summed E-state index contributed by atoms with van der Waals surface area (Å²) in [5, 5.41) is 0.682. The Morgan fingerprint density at radius 1 is 1.37 bits per heavy atom. The Hall–Kier alpha value is -1.24. The van der Waals surface area contributed by atoms with Crippen molar-refractivity contribution in [3.05, 3.63) is 38.9 Å². The zero-order valence-corrected chi connectivity index (χ0v) is 18.2. The lowest BCUT2D eigenvalue weighted by Gasteiger charge is -2.38. The summed E-state index contributed by atoms with van der Waals surface area (Å²) in [7, 11) is 1.78. The number of ether oxygens (including phenoxy) is 1. The van der Waals surface area contributed by atoms with Gasteiger partial charge in [-0.1, -0.05) is 29.3 Å². The van der Waals surface area contributed by atoms with Crippen LogP contribution in [0.4, 0.5) is 0 Å². The number of piperidine rings is 1. The SMILES string of the molecule is CCC[C@@H](c1nc2ccc(Br)cc2c(=O)n1CC)N1CCC[C@@H](COC)C1. The van der Waals surface area contributed by atoms with Crippen molar-refractivity contribution in [2.45, 2.75) is 52.1 Å². The summed E-state index contributed by atoms with van der Waals surface area (Å²) in [5.74, 6) is 1.47. The Morgan fingerprint density at radius 2 is 2.19 bits per heavy atom. The van der Waals surface area contributed by atoms with E-state index in [4.69, 9.17) is 9.72 Å². The van der Waals surface area contributed by atoms with Crippen molar-refractivity contribution in [2.75, 3.05) is 26.8 Å². The Labute approximate surface area is 169 Å². The van der Waals surface area contributed by atoms with Crippen LogP contribution in [0.15, 0.2) is 27.5 Å². The van der Waals surface area contributed by atoms with E-state index in [0.29, 0.717) is 17.8 Å². The normalized spacial score (nSPS) is 19.5. The number of likely N-dealkylation sites (tertiary alicyclic amines) is 1. The molecule has 1 saturated heterocycles. The lowest BCUT2D eigenvalue weighted by molar-refractivity contribution is 0.0613. The maximum absolute atomic E-state index is 13.2. The van der Waals surface area contributed by atoms with Crippen LogP contribution in [0.2, 0.25) is 0 Å². The van der Waals surface area contributed by atoms with Crippen molar-refractivity contribution in [3.8, 4) is 0 Å². The highest BCUT2D eigenvalue weighted by molar-refractivity contribution is 9.10. The van der Waals surface area contributed by atoms with Gasteiger partial charge in [-0.3, -0.25) is 14.3 Å². The molecule has 5 nitrogen and oxygen atoms in total. The lowest BCUT2D eigenvalue weighted by atomic mass is 9.96. The molecule has 1 fully saturated rings. The van der Waals surface area contributed by atoms with E-state index in [2.05, 4.69) is 27.8 Å². The highest BCUT2D eigenvalue weighted by atomic mass is 79.9. The van der Waals surface area contributed by atoms with E-state index in [1.807, 2.05) is 29.7 Å². The van der Waals surface area contributed by atoms with Gasteiger partial charge in [0.05, 0.1) is 23.6 Å². The molecule has 1 aromatic heterocycles. The van der Waals surface area contributed by atoms with Crippen LogP contribution in [0.3, 0.4) is 0 Å². The maximum atomic E-state index is 13.2. The van der Waals surface area contributed by atoms with Gasteiger partial charge in [-0.2, -0.15) is 0 Å². The molecule has 27 heavy (non-hydrogen) atoms. The summed E-state index contributed by atoms with van der Waals surface area (Å²) in [6.07, 6.45) is 4.45. The molecule has 1 aliphatic heterocycles. The zero-order valence-electron chi connectivity index (χ0n) is 16.6. The van der Waals surface area contributed by atoms with Crippen molar-refractivity contribution in [3.63, 3.8) is 0 Å². The van der Waals surface area contributed by atoms with Crippen molar-refractivity contribution in [1.82, 2.24) is 14.5 Å². The Balaban J connectivity index is 2.05. The van der Waals surface area contributed by atoms with Crippen LogP contribution >= 0.6 is 15.9 Å². The molecule has 1 aromatic carbocycles. The van der Waals surface area contributed by atoms with Crippen LogP contribution in [0.5, 0.6) is 0 Å². The van der Waals surface area contributed by atoms with Gasteiger partial charge in [-0.15, -0.1) is 0 Å². The highest BCUT2D eigenvalue weighted by Crippen LogP contribution is 2.30. The van der Waals surface area contributed by atoms with Gasteiger partial charge in [0.25, 0.3) is 5.56 Å². The van der Waals surface area contributed by atoms with E-state index in [9.17, 15) is 4.79 Å². The monoisotopic (exact) mass is 435 g/mol. The van der Waals surface area contributed by atoms with Crippen molar-refractivity contribution in [2.24, 2.45) is 5.92 Å². The molecule has 6 heteroatoms. The topological polar surface area (TPSA) is 47.4 Å². The number of hydrogen-bond acceptors (Lipinski definition) is 4. The molecule has 0 aliphatic carbocycles. The van der Waals surface area contributed by atoms with Gasteiger partial charge in [0.2, 0.25) is 0 Å². The predicted molar refractivity (Wildman–Crippen MR) is 113 cm³/mol. The fourth-order valence-corrected chi connectivity index (χ4v) is 4.63. The Morgan fingerprint density at radius 3 is 2.89 bits per heavy atom. The second kappa shape index (κ2) is 9.30. The molecule has 0 unspecified atom stereocenters. The maximum Gasteiger partial charge on any atom is 0.261 e. The van der Waals surface area contributed by atoms with E-state index in [-0.39, 0.29) is 11.6 Å². The third-order valence-corrected chi connectivity index (χ3v) is 6.01. The first-order chi connectivity index (χ1) is 13.1. The fourth-order valence-electron chi connectivity index (χ4n) is 4.27. The molecule has 2 aromatic rings. The molecule has 148 valence electrons. The lowest BCUT2D eigenvalue weighted by Crippen LogP contribution is -2.42. The minimum absolute atomic E-state index is 0.0605. The number of halogens is 1. The highest BCUT2D eigenvalue weighted by Gasteiger charge is 2.29. The first-order valence-corrected chi connectivity index (χ1v) is 10.8. The molecule has 0 amide bonds. The third kappa shape index (κ3) is 4.44. The molecule has 1 aliphatic rings. The number of benzene rings is 1. The van der Waals surface area contributed by atoms with E-state index >= 15 is 0 Å². The second-order valence-corrected chi connectivity index (χ2v) is 8.36. The summed E-state index contributed by atoms with van der Waals surface area (Å²) in [6, 6.07) is 5.96. The summed E-state index contributed by atoms with van der Waals surface area (Å²) in [4.78, 5) is 20.7. The van der Waals surface area contributed by atoms with Crippen LogP contribution in [-0.2, 0) is 11.3 Å². The summed E-state index contributed by atoms with van der Waals surface area (Å²) < 4.78 is 8.19. The fraction of sp³-hybridized carbons (Fsp3) is 0.619. The number of fused-ring (bicyclic) bond motifs is 1. The molecule has 3 rings (SSSR count). The van der Waals surface area contributed by atoms with Crippen LogP contribution in [0.1, 0.15) is 51.4 Å². The predicted octanol–water partition coefficient (Wildman–Crippen LogP) is 4.38. The first-order valence-electron chi connectivity index (χ1n) is 10.0. The van der Waals surface area contributed by atoms with Gasteiger partial charge in [-0.25, -0.2) is 4.98 Å². The largest absolute Gasteiger partial charge is 0.384 e. The summed E-state index contributed by atoms with van der Waals surface area (Å²) in [5.41, 5.74) is 0.847. The van der Waals surface area contributed by atoms with Crippen molar-refractivity contribution >= 4 is 26.8 Å². The van der Waals surface area contributed by atoms with Gasteiger partial charge >= 0.3 is 0 Å². The molecular formula is C21H30BrN3O2. The second-order valence-electron chi connectivity index (χ2n) is 7.44. The molecule has 0 bridgehead atoms. The van der Waals surface area contributed by atoms with Crippen LogP contribution in [0.25, 0.3) is 10.9 Å². The summed E-state index contributed by atoms with van der Waals surface area (Å²) >= 11 is 3.47. The van der Waals surface area contributed by atoms with Crippen molar-refractivity contribution < 1.29 is 4.74 Å². The molecule has 0 spiro atoms. The number of methoxy groups -OCH3 is 1. The van der Waals surface area contributed by atoms with Crippen LogP contribution in [-0.4, -0.2) is 41.3 Å². The smallest absolute Gasteiger partial charge is 0.261 e. The van der Waals surface area contributed by atoms with E-state index in [1.54, 1.807) is 7.11 Å². The zero-order chi connectivity index (χ0) is 19.4. The quantitative estimate of drug-likeness (QED) is 0.647. The van der Waals surface area contributed by atoms with Gasteiger partial charge in [0.1, 0.15) is 5.82 Å². The van der Waals surface area contributed by atoms with Crippen molar-refractivity contribution in [1.29, 1.82) is 0 Å². The summed E-state index contributed by atoms with van der Waals surface area (Å²) in [6.45, 7) is 7.74. The number of aromatic nitrogens is 2. The Kier molecular flexibility index (Phi) is 7.06. The van der Waals surface area contributed by atoms with E-state index in [0.717, 1.165) is 48.4 Å². The average molecular weight is 436 g/mol. The van der Waals surface area contributed by atoms with Gasteiger partial charge in [0, 0.05) is 24.7 Å². The first kappa shape index (κ1) is 20.5.